The first kappa shape index (κ1) is 29.5. The van der Waals surface area contributed by atoms with E-state index < -0.39 is 6.04 Å². The highest BCUT2D eigenvalue weighted by molar-refractivity contribution is 7.07. The van der Waals surface area contributed by atoms with Crippen LogP contribution in [-0.2, 0) is 4.79 Å². The molecule has 3 aromatic rings. The Kier molecular flexibility index (Phi) is 9.41. The summed E-state index contributed by atoms with van der Waals surface area (Å²) in [6.45, 7) is 9.00. The molecule has 2 aromatic carbocycles. The normalized spacial score (nSPS) is 14.8. The topological polar surface area (TPSA) is 73.1 Å². The molecule has 0 saturated carbocycles. The maximum atomic E-state index is 14.0. The van der Waals surface area contributed by atoms with Crippen molar-refractivity contribution in [3.05, 3.63) is 88.5 Å². The van der Waals surface area contributed by atoms with Gasteiger partial charge in [0.2, 0.25) is 0 Å². The number of allylic oxidation sites excluding steroid dienone is 1. The summed E-state index contributed by atoms with van der Waals surface area (Å²) in [5, 5.41) is 0.868. The maximum Gasteiger partial charge on any atom is 0.271 e. The zero-order valence-electron chi connectivity index (χ0n) is 22.7. The molecule has 0 unspecified atom stereocenters. The van der Waals surface area contributed by atoms with Crippen molar-refractivity contribution in [2.75, 3.05) is 26.3 Å². The number of carbonyl (C=O) groups is 1. The Labute approximate surface area is 247 Å². The van der Waals surface area contributed by atoms with Gasteiger partial charge in [-0.25, -0.2) is 4.99 Å². The summed E-state index contributed by atoms with van der Waals surface area (Å²) in [7, 11) is 0. The molecule has 1 aliphatic heterocycles. The number of hydrogen-bond donors (Lipinski definition) is 0. The number of amides is 1. The van der Waals surface area contributed by atoms with Crippen molar-refractivity contribution in [1.82, 2.24) is 9.47 Å². The number of ether oxygens (including phenoxy) is 2. The number of terminal acetylenes is 1. The van der Waals surface area contributed by atoms with E-state index in [9.17, 15) is 9.59 Å². The lowest BCUT2D eigenvalue weighted by atomic mass is 9.94. The average Bonchev–Trinajstić information content (AvgIpc) is 3.22. The van der Waals surface area contributed by atoms with Gasteiger partial charge in [-0.15, -0.1) is 6.42 Å². The van der Waals surface area contributed by atoms with E-state index in [4.69, 9.17) is 44.1 Å². The molecule has 1 amide bonds. The fraction of sp³-hybridized carbons (Fsp3) is 0.300. The summed E-state index contributed by atoms with van der Waals surface area (Å²) in [6.07, 6.45) is 7.06. The molecular formula is C30H29Cl2N3O4S. The van der Waals surface area contributed by atoms with Crippen molar-refractivity contribution in [3.63, 3.8) is 0 Å². The van der Waals surface area contributed by atoms with E-state index in [0.717, 1.165) is 5.56 Å². The highest BCUT2D eigenvalue weighted by Crippen LogP contribution is 2.37. The van der Waals surface area contributed by atoms with Gasteiger partial charge in [-0.2, -0.15) is 0 Å². The molecule has 1 aromatic heterocycles. The number of halogens is 2. The zero-order valence-corrected chi connectivity index (χ0v) is 25.0. The van der Waals surface area contributed by atoms with Gasteiger partial charge in [-0.3, -0.25) is 14.2 Å². The second kappa shape index (κ2) is 12.8. The van der Waals surface area contributed by atoms with Crippen LogP contribution in [0, 0.1) is 12.3 Å². The van der Waals surface area contributed by atoms with E-state index in [2.05, 4.69) is 5.92 Å². The highest BCUT2D eigenvalue weighted by Gasteiger charge is 2.34. The van der Waals surface area contributed by atoms with Gasteiger partial charge in [0.15, 0.2) is 16.3 Å². The minimum absolute atomic E-state index is 0.0380. The number of benzene rings is 2. The molecule has 10 heteroatoms. The number of hydrogen-bond acceptors (Lipinski definition) is 6. The fourth-order valence-electron chi connectivity index (χ4n) is 4.58. The summed E-state index contributed by atoms with van der Waals surface area (Å²) in [5.74, 6) is 3.03. The molecule has 208 valence electrons. The smallest absolute Gasteiger partial charge is 0.271 e. The van der Waals surface area contributed by atoms with Crippen molar-refractivity contribution < 1.29 is 14.3 Å². The number of likely N-dealkylation sites (N-methyl/N-ethyl adjacent to an activating group) is 1. The predicted molar refractivity (Wildman–Crippen MR) is 160 cm³/mol. The second-order valence-electron chi connectivity index (χ2n) is 8.87. The third kappa shape index (κ3) is 5.83. The maximum absolute atomic E-state index is 14.0. The number of fused-ring (bicyclic) bond motifs is 1. The summed E-state index contributed by atoms with van der Waals surface area (Å²) in [6, 6.07) is 9.95. The van der Waals surface area contributed by atoms with Gasteiger partial charge < -0.3 is 14.4 Å². The van der Waals surface area contributed by atoms with Gasteiger partial charge in [-0.1, -0.05) is 52.6 Å². The quantitative estimate of drug-likeness (QED) is 0.331. The lowest BCUT2D eigenvalue weighted by Gasteiger charge is -2.29. The Hall–Kier alpha value is -3.51. The molecule has 1 atom stereocenters. The number of thiazole rings is 1. The third-order valence-electron chi connectivity index (χ3n) is 6.42. The van der Waals surface area contributed by atoms with Gasteiger partial charge in [-0.05, 0) is 69.2 Å². The first-order valence-electron chi connectivity index (χ1n) is 12.8. The average molecular weight is 599 g/mol. The van der Waals surface area contributed by atoms with Crippen LogP contribution >= 0.6 is 34.5 Å². The van der Waals surface area contributed by atoms with E-state index in [1.54, 1.807) is 46.7 Å². The van der Waals surface area contributed by atoms with Gasteiger partial charge >= 0.3 is 0 Å². The molecule has 4 rings (SSSR count). The van der Waals surface area contributed by atoms with Crippen LogP contribution in [-0.4, -0.2) is 41.7 Å². The predicted octanol–water partition coefficient (Wildman–Crippen LogP) is 4.82. The zero-order chi connectivity index (χ0) is 29.0. The molecule has 0 bridgehead atoms. The van der Waals surface area contributed by atoms with Crippen LogP contribution in [0.3, 0.4) is 0 Å². The summed E-state index contributed by atoms with van der Waals surface area (Å²) >= 11 is 13.9. The standard InChI is InChI=1S/C30H29Cl2N3O4S/c1-6-14-39-27-22(32)15-19(16-23(27)38-9-4)17-24-28(36)35-26(20-10-12-21(31)13-11-20)25(18(5)33-30(35)40-24)29(37)34(7-2)8-3/h1,10-13,15-17,26H,7-9,14H2,2-5H3/b24-17+/t26-/m0/s1. The molecule has 0 fully saturated rings. The molecule has 0 spiro atoms. The van der Waals surface area contributed by atoms with Crippen LogP contribution in [0.4, 0.5) is 0 Å². The van der Waals surface area contributed by atoms with Crippen LogP contribution in [0.15, 0.2) is 57.5 Å². The van der Waals surface area contributed by atoms with Crippen LogP contribution in [0.1, 0.15) is 44.9 Å². The molecule has 0 N–H and O–H groups in total. The van der Waals surface area contributed by atoms with Crippen molar-refractivity contribution in [1.29, 1.82) is 0 Å². The Balaban J connectivity index is 1.91. The molecule has 40 heavy (non-hydrogen) atoms. The Morgan fingerprint density at radius 1 is 1.18 bits per heavy atom. The van der Waals surface area contributed by atoms with Gasteiger partial charge in [0.1, 0.15) is 6.61 Å². The van der Waals surface area contributed by atoms with E-state index >= 15 is 0 Å². The van der Waals surface area contributed by atoms with Gasteiger partial charge in [0.25, 0.3) is 11.5 Å². The molecule has 7 nitrogen and oxygen atoms in total. The molecule has 0 saturated heterocycles. The summed E-state index contributed by atoms with van der Waals surface area (Å²) in [4.78, 5) is 34.6. The minimum Gasteiger partial charge on any atom is -0.490 e. The van der Waals surface area contributed by atoms with Crippen LogP contribution in [0.5, 0.6) is 11.5 Å². The first-order valence-corrected chi connectivity index (χ1v) is 14.4. The number of rotatable bonds is 9. The van der Waals surface area contributed by atoms with Crippen LogP contribution < -0.4 is 24.4 Å². The number of aromatic nitrogens is 1. The lowest BCUT2D eigenvalue weighted by molar-refractivity contribution is -0.127. The minimum atomic E-state index is -0.661. The number of carbonyl (C=O) groups excluding carboxylic acids is 1. The largest absolute Gasteiger partial charge is 0.490 e. The van der Waals surface area contributed by atoms with E-state index in [1.807, 2.05) is 32.9 Å². The van der Waals surface area contributed by atoms with Gasteiger partial charge in [0, 0.05) is 18.1 Å². The highest BCUT2D eigenvalue weighted by atomic mass is 35.5. The Morgan fingerprint density at radius 3 is 2.50 bits per heavy atom. The van der Waals surface area contributed by atoms with Crippen molar-refractivity contribution in [2.24, 2.45) is 4.99 Å². The SMILES string of the molecule is C#CCOc1c(Cl)cc(/C=c2/sc3n(c2=O)[C@@H](c2ccc(Cl)cc2)C(C(=O)N(CC)CC)=C(C)N=3)cc1OCC. The molecule has 0 aliphatic carbocycles. The Bertz CT molecular complexity index is 1680. The summed E-state index contributed by atoms with van der Waals surface area (Å²) < 4.78 is 13.3. The third-order valence-corrected chi connectivity index (χ3v) is 7.93. The molecule has 1 aliphatic rings. The lowest BCUT2D eigenvalue weighted by Crippen LogP contribution is -2.43. The Morgan fingerprint density at radius 2 is 1.88 bits per heavy atom. The summed E-state index contributed by atoms with van der Waals surface area (Å²) in [5.41, 5.74) is 2.16. The van der Waals surface area contributed by atoms with Crippen LogP contribution in [0.25, 0.3) is 6.08 Å². The van der Waals surface area contributed by atoms with E-state index in [1.165, 1.54) is 11.3 Å². The van der Waals surface area contributed by atoms with Crippen LogP contribution in [0.2, 0.25) is 10.0 Å². The number of nitrogens with zero attached hydrogens (tertiary/aromatic N) is 3. The van der Waals surface area contributed by atoms with Crippen molar-refractivity contribution in [2.45, 2.75) is 33.7 Å². The first-order chi connectivity index (χ1) is 19.2. The molecule has 0 radical (unpaired) electrons. The van der Waals surface area contributed by atoms with E-state index in [-0.39, 0.29) is 18.1 Å². The second-order valence-corrected chi connectivity index (χ2v) is 10.7. The van der Waals surface area contributed by atoms with Gasteiger partial charge in [0.05, 0.1) is 33.5 Å². The monoisotopic (exact) mass is 597 g/mol. The van der Waals surface area contributed by atoms with Crippen molar-refractivity contribution >= 4 is 46.5 Å². The molecular weight excluding hydrogens is 569 g/mol. The fourth-order valence-corrected chi connectivity index (χ4v) is 6.02. The van der Waals surface area contributed by atoms with E-state index in [0.29, 0.717) is 67.4 Å². The van der Waals surface area contributed by atoms with Crippen molar-refractivity contribution in [3.8, 4) is 23.8 Å². The molecule has 2 heterocycles.